The van der Waals surface area contributed by atoms with Crippen molar-refractivity contribution in [1.29, 1.82) is 0 Å². The van der Waals surface area contributed by atoms with E-state index in [1.165, 1.54) is 12.1 Å². The first-order chi connectivity index (χ1) is 10.0. The molecule has 0 aliphatic carbocycles. The van der Waals surface area contributed by atoms with Gasteiger partial charge in [0.15, 0.2) is 0 Å². The number of hydrogen-bond acceptors (Lipinski definition) is 1. The molecular weight excluding hydrogens is 291 g/mol. The fraction of sp³-hybridized carbons (Fsp3) is 0.0625. The van der Waals surface area contributed by atoms with Crippen molar-refractivity contribution >= 4 is 34.1 Å². The van der Waals surface area contributed by atoms with Crippen LogP contribution in [0.4, 0.5) is 10.1 Å². The molecule has 1 aromatic heterocycles. The Kier molecular flexibility index (Phi) is 3.39. The molecule has 2 N–H and O–H groups in total. The molecule has 1 amide bonds. The van der Waals surface area contributed by atoms with Crippen LogP contribution in [0.3, 0.4) is 0 Å². The van der Waals surface area contributed by atoms with E-state index in [9.17, 15) is 9.18 Å². The zero-order valence-electron chi connectivity index (χ0n) is 11.2. The van der Waals surface area contributed by atoms with Crippen LogP contribution in [0.15, 0.2) is 42.5 Å². The van der Waals surface area contributed by atoms with Crippen molar-refractivity contribution in [2.24, 2.45) is 0 Å². The molecule has 0 aliphatic rings. The summed E-state index contributed by atoms with van der Waals surface area (Å²) in [5, 5.41) is 4.14. The Morgan fingerprint density at radius 1 is 1.24 bits per heavy atom. The number of hydrogen-bond donors (Lipinski definition) is 2. The van der Waals surface area contributed by atoms with Gasteiger partial charge in [-0.15, -0.1) is 0 Å². The predicted octanol–water partition coefficient (Wildman–Crippen LogP) is 4.52. The Morgan fingerprint density at radius 3 is 2.81 bits per heavy atom. The van der Waals surface area contributed by atoms with Gasteiger partial charge in [-0.25, -0.2) is 4.39 Å². The normalized spacial score (nSPS) is 10.8. The number of aromatic amines is 1. The predicted molar refractivity (Wildman–Crippen MR) is 82.4 cm³/mol. The highest BCUT2D eigenvalue weighted by molar-refractivity contribution is 6.31. The fourth-order valence-corrected chi connectivity index (χ4v) is 2.49. The number of aromatic nitrogens is 1. The molecule has 0 aliphatic heterocycles. The second-order valence-corrected chi connectivity index (χ2v) is 5.22. The van der Waals surface area contributed by atoms with Gasteiger partial charge < -0.3 is 10.3 Å². The molecule has 3 nitrogen and oxygen atoms in total. The van der Waals surface area contributed by atoms with Crippen LogP contribution in [0.1, 0.15) is 16.1 Å². The van der Waals surface area contributed by atoms with Gasteiger partial charge in [0.25, 0.3) is 5.91 Å². The molecule has 0 bridgehead atoms. The second kappa shape index (κ2) is 5.22. The molecular formula is C16H12ClFN2O. The van der Waals surface area contributed by atoms with E-state index < -0.39 is 0 Å². The van der Waals surface area contributed by atoms with Gasteiger partial charge in [0.05, 0.1) is 0 Å². The van der Waals surface area contributed by atoms with Gasteiger partial charge >= 0.3 is 0 Å². The highest BCUT2D eigenvalue weighted by Gasteiger charge is 2.15. The number of fused-ring (bicyclic) bond motifs is 1. The molecule has 0 unspecified atom stereocenters. The first-order valence-electron chi connectivity index (χ1n) is 6.39. The quantitative estimate of drug-likeness (QED) is 0.718. The third-order valence-corrected chi connectivity index (χ3v) is 3.56. The van der Waals surface area contributed by atoms with E-state index in [1.54, 1.807) is 30.3 Å². The number of aryl methyl sites for hydroxylation is 1. The summed E-state index contributed by atoms with van der Waals surface area (Å²) < 4.78 is 13.2. The van der Waals surface area contributed by atoms with E-state index in [-0.39, 0.29) is 11.7 Å². The van der Waals surface area contributed by atoms with Crippen molar-refractivity contribution in [3.05, 3.63) is 64.6 Å². The summed E-state index contributed by atoms with van der Waals surface area (Å²) in [6.07, 6.45) is 0. The second-order valence-electron chi connectivity index (χ2n) is 4.78. The van der Waals surface area contributed by atoms with E-state index in [1.807, 2.05) is 6.92 Å². The van der Waals surface area contributed by atoms with E-state index in [4.69, 9.17) is 11.6 Å². The summed E-state index contributed by atoms with van der Waals surface area (Å²) in [5.41, 5.74) is 2.40. The minimum atomic E-state index is -0.342. The number of amides is 1. The Balaban J connectivity index is 1.96. The number of carbonyl (C=O) groups excluding carboxylic acids is 1. The van der Waals surface area contributed by atoms with Crippen molar-refractivity contribution in [3.8, 4) is 0 Å². The molecule has 5 heteroatoms. The number of nitrogens with one attached hydrogen (secondary N) is 2. The molecule has 0 radical (unpaired) electrons. The average Bonchev–Trinajstić information content (AvgIpc) is 2.75. The monoisotopic (exact) mass is 302 g/mol. The molecule has 2 aromatic carbocycles. The highest BCUT2D eigenvalue weighted by atomic mass is 35.5. The lowest BCUT2D eigenvalue weighted by molar-refractivity contribution is 0.102. The summed E-state index contributed by atoms with van der Waals surface area (Å²) in [6.45, 7) is 1.82. The maximum absolute atomic E-state index is 13.2. The van der Waals surface area contributed by atoms with E-state index in [2.05, 4.69) is 10.3 Å². The molecule has 3 rings (SSSR count). The van der Waals surface area contributed by atoms with Crippen LogP contribution in [-0.2, 0) is 0 Å². The maximum atomic E-state index is 13.2. The molecule has 106 valence electrons. The summed E-state index contributed by atoms with van der Waals surface area (Å²) in [4.78, 5) is 15.3. The van der Waals surface area contributed by atoms with Gasteiger partial charge in [0, 0.05) is 21.6 Å². The number of anilines is 1. The molecule has 3 aromatic rings. The van der Waals surface area contributed by atoms with E-state index in [0.29, 0.717) is 21.9 Å². The molecule has 0 saturated carbocycles. The SMILES string of the molecule is Cc1c(C(=O)Nc2cccc(Cl)c2)[nH]c2cc(F)ccc12. The molecule has 1 heterocycles. The standard InChI is InChI=1S/C16H12ClFN2O/c1-9-13-6-5-11(18)8-14(13)20-15(9)16(21)19-12-4-2-3-10(17)7-12/h2-8,20H,1H3,(H,19,21). The molecule has 21 heavy (non-hydrogen) atoms. The molecule has 0 atom stereocenters. The van der Waals surface area contributed by atoms with Crippen LogP contribution in [0, 0.1) is 12.7 Å². The van der Waals surface area contributed by atoms with Gasteiger partial charge in [-0.05, 0) is 48.9 Å². The topological polar surface area (TPSA) is 44.9 Å². The van der Waals surface area contributed by atoms with Crippen molar-refractivity contribution in [3.63, 3.8) is 0 Å². The summed E-state index contributed by atoms with van der Waals surface area (Å²) in [6, 6.07) is 11.3. The van der Waals surface area contributed by atoms with Crippen molar-refractivity contribution in [2.75, 3.05) is 5.32 Å². The van der Waals surface area contributed by atoms with Crippen molar-refractivity contribution in [1.82, 2.24) is 4.98 Å². The Morgan fingerprint density at radius 2 is 2.05 bits per heavy atom. The summed E-state index contributed by atoms with van der Waals surface area (Å²) in [7, 11) is 0. The number of rotatable bonds is 2. The third kappa shape index (κ3) is 2.62. The van der Waals surface area contributed by atoms with Crippen LogP contribution < -0.4 is 5.32 Å². The van der Waals surface area contributed by atoms with Crippen LogP contribution in [0.5, 0.6) is 0 Å². The summed E-state index contributed by atoms with van der Waals surface area (Å²) >= 11 is 5.89. The minimum absolute atomic E-state index is 0.286. The third-order valence-electron chi connectivity index (χ3n) is 3.33. The molecule has 0 saturated heterocycles. The lowest BCUT2D eigenvalue weighted by atomic mass is 10.1. The lowest BCUT2D eigenvalue weighted by Gasteiger charge is -2.05. The number of benzene rings is 2. The highest BCUT2D eigenvalue weighted by Crippen LogP contribution is 2.23. The average molecular weight is 303 g/mol. The number of carbonyl (C=O) groups is 1. The Hall–Kier alpha value is -2.33. The van der Waals surface area contributed by atoms with Crippen LogP contribution in [0.25, 0.3) is 10.9 Å². The van der Waals surface area contributed by atoms with Crippen molar-refractivity contribution in [2.45, 2.75) is 6.92 Å². The molecule has 0 spiro atoms. The van der Waals surface area contributed by atoms with Gasteiger partial charge in [-0.3, -0.25) is 4.79 Å². The Labute approximate surface area is 125 Å². The zero-order chi connectivity index (χ0) is 15.0. The maximum Gasteiger partial charge on any atom is 0.272 e. The van der Waals surface area contributed by atoms with E-state index >= 15 is 0 Å². The van der Waals surface area contributed by atoms with E-state index in [0.717, 1.165) is 10.9 Å². The van der Waals surface area contributed by atoms with Crippen molar-refractivity contribution < 1.29 is 9.18 Å². The lowest BCUT2D eigenvalue weighted by Crippen LogP contribution is -2.13. The van der Waals surface area contributed by atoms with Crippen LogP contribution in [-0.4, -0.2) is 10.9 Å². The first-order valence-corrected chi connectivity index (χ1v) is 6.77. The largest absolute Gasteiger partial charge is 0.350 e. The minimum Gasteiger partial charge on any atom is -0.350 e. The van der Waals surface area contributed by atoms with Gasteiger partial charge in [-0.1, -0.05) is 17.7 Å². The molecule has 0 fully saturated rings. The number of H-pyrrole nitrogens is 1. The summed E-state index contributed by atoms with van der Waals surface area (Å²) in [5.74, 6) is -0.628. The van der Waals surface area contributed by atoms with Gasteiger partial charge in [0.2, 0.25) is 0 Å². The Bertz CT molecular complexity index is 841. The van der Waals surface area contributed by atoms with Gasteiger partial charge in [0.1, 0.15) is 11.5 Å². The smallest absolute Gasteiger partial charge is 0.272 e. The fourth-order valence-electron chi connectivity index (χ4n) is 2.30. The number of halogens is 2. The van der Waals surface area contributed by atoms with Gasteiger partial charge in [-0.2, -0.15) is 0 Å². The van der Waals surface area contributed by atoms with Crippen LogP contribution >= 0.6 is 11.6 Å². The zero-order valence-corrected chi connectivity index (χ0v) is 12.0. The van der Waals surface area contributed by atoms with Crippen LogP contribution in [0.2, 0.25) is 5.02 Å². The first kappa shape index (κ1) is 13.6.